The average Bonchev–Trinajstić information content (AvgIpc) is 3.27. The largest absolute Gasteiger partial charge is 0.497 e. The van der Waals surface area contributed by atoms with Crippen LogP contribution in [0.5, 0.6) is 5.75 Å². The van der Waals surface area contributed by atoms with E-state index in [9.17, 15) is 4.79 Å². The number of carbonyl (C=O) groups excluding carboxylic acids is 1. The number of fused-ring (bicyclic) bond motifs is 4. The van der Waals surface area contributed by atoms with E-state index in [1.54, 1.807) is 7.11 Å². The molecular formula is C24H25ClN4O2. The Morgan fingerprint density at radius 2 is 1.97 bits per heavy atom. The molecule has 0 unspecified atom stereocenters. The summed E-state index contributed by atoms with van der Waals surface area (Å²) >= 11 is 6.29. The Morgan fingerprint density at radius 1 is 1.16 bits per heavy atom. The van der Waals surface area contributed by atoms with Gasteiger partial charge in [-0.05, 0) is 61.7 Å². The maximum absolute atomic E-state index is 12.9. The molecule has 2 aliphatic heterocycles. The average molecular weight is 437 g/mol. The van der Waals surface area contributed by atoms with Crippen LogP contribution >= 0.6 is 11.6 Å². The van der Waals surface area contributed by atoms with Gasteiger partial charge in [-0.15, -0.1) is 0 Å². The van der Waals surface area contributed by atoms with Gasteiger partial charge >= 0.3 is 6.03 Å². The van der Waals surface area contributed by atoms with E-state index in [-0.39, 0.29) is 11.6 Å². The normalized spacial score (nSPS) is 16.3. The van der Waals surface area contributed by atoms with Crippen LogP contribution in [0.25, 0.3) is 5.69 Å². The van der Waals surface area contributed by atoms with Crippen molar-refractivity contribution in [1.82, 2.24) is 9.47 Å². The number of rotatable bonds is 2. The van der Waals surface area contributed by atoms with E-state index in [0.29, 0.717) is 23.8 Å². The second-order valence-corrected chi connectivity index (χ2v) is 8.66. The highest BCUT2D eigenvalue weighted by Crippen LogP contribution is 2.44. The van der Waals surface area contributed by atoms with Gasteiger partial charge < -0.3 is 24.8 Å². The van der Waals surface area contributed by atoms with E-state index in [4.69, 9.17) is 16.3 Å². The first-order valence-corrected chi connectivity index (χ1v) is 10.8. The van der Waals surface area contributed by atoms with Crippen molar-refractivity contribution in [3.63, 3.8) is 0 Å². The van der Waals surface area contributed by atoms with Crippen molar-refractivity contribution in [1.29, 1.82) is 0 Å². The second-order valence-electron chi connectivity index (χ2n) is 8.25. The maximum atomic E-state index is 12.9. The van der Waals surface area contributed by atoms with Crippen molar-refractivity contribution < 1.29 is 9.53 Å². The van der Waals surface area contributed by atoms with Crippen LogP contribution in [-0.4, -0.2) is 35.7 Å². The van der Waals surface area contributed by atoms with Crippen LogP contribution < -0.4 is 15.4 Å². The number of aromatic nitrogens is 1. The number of nitrogens with one attached hydrogen (secondary N) is 2. The minimum atomic E-state index is -0.221. The molecule has 1 saturated heterocycles. The van der Waals surface area contributed by atoms with Crippen molar-refractivity contribution in [2.24, 2.45) is 0 Å². The van der Waals surface area contributed by atoms with Crippen molar-refractivity contribution in [3.8, 4) is 11.4 Å². The number of aryl methyl sites for hydroxylation is 1. The van der Waals surface area contributed by atoms with Gasteiger partial charge in [0.2, 0.25) is 0 Å². The molecule has 31 heavy (non-hydrogen) atoms. The number of urea groups is 1. The SMILES string of the molecule is COc1ccc2c(c1)NC1(CCN(C(=O)Nc3ccc(C)cc3Cl)CC1)c1cccn1-2. The van der Waals surface area contributed by atoms with Crippen LogP contribution in [0.4, 0.5) is 16.2 Å². The molecule has 3 heterocycles. The molecule has 5 rings (SSSR count). The number of piperidine rings is 1. The Balaban J connectivity index is 1.35. The zero-order valence-corrected chi connectivity index (χ0v) is 18.4. The molecule has 2 aromatic carbocycles. The van der Waals surface area contributed by atoms with E-state index < -0.39 is 0 Å². The lowest BCUT2D eigenvalue weighted by Crippen LogP contribution is -2.51. The first-order chi connectivity index (χ1) is 15.0. The predicted octanol–water partition coefficient (Wildman–Crippen LogP) is 5.40. The summed E-state index contributed by atoms with van der Waals surface area (Å²) in [4.78, 5) is 14.7. The molecule has 6 nitrogen and oxygen atoms in total. The molecule has 2 N–H and O–H groups in total. The standard InChI is InChI=1S/C24H25ClN4O2/c1-16-5-7-19(18(25)14-16)26-23(30)28-12-9-24(10-13-28)22-4-3-11-29(22)21-8-6-17(31-2)15-20(21)27-24/h3-8,11,14-15,27H,9-10,12-13H2,1-2H3,(H,26,30). The number of benzene rings is 2. The van der Waals surface area contributed by atoms with Crippen molar-refractivity contribution >= 4 is 29.0 Å². The van der Waals surface area contributed by atoms with Gasteiger partial charge in [0.1, 0.15) is 5.75 Å². The fraction of sp³-hybridized carbons (Fsp3) is 0.292. The first kappa shape index (κ1) is 19.8. The number of halogens is 1. The summed E-state index contributed by atoms with van der Waals surface area (Å²) in [5.74, 6) is 0.823. The van der Waals surface area contributed by atoms with Crippen molar-refractivity contribution in [3.05, 3.63) is 71.0 Å². The van der Waals surface area contributed by atoms with Gasteiger partial charge in [0.15, 0.2) is 0 Å². The third-order valence-electron chi connectivity index (χ3n) is 6.35. The number of nitrogens with zero attached hydrogens (tertiary/aromatic N) is 2. The van der Waals surface area contributed by atoms with E-state index >= 15 is 0 Å². The van der Waals surface area contributed by atoms with E-state index in [1.165, 1.54) is 5.69 Å². The van der Waals surface area contributed by atoms with Crippen LogP contribution in [0.3, 0.4) is 0 Å². The number of carbonyl (C=O) groups is 1. The number of hydrogen-bond acceptors (Lipinski definition) is 3. The summed E-state index contributed by atoms with van der Waals surface area (Å²) in [6.45, 7) is 3.27. The lowest BCUT2D eigenvalue weighted by molar-refractivity contribution is 0.174. The molecular weight excluding hydrogens is 412 g/mol. The molecule has 0 saturated carbocycles. The smallest absolute Gasteiger partial charge is 0.321 e. The maximum Gasteiger partial charge on any atom is 0.321 e. The van der Waals surface area contributed by atoms with Gasteiger partial charge in [-0.25, -0.2) is 4.79 Å². The van der Waals surface area contributed by atoms with E-state index in [1.807, 2.05) is 42.2 Å². The van der Waals surface area contributed by atoms with E-state index in [0.717, 1.165) is 35.5 Å². The fourth-order valence-electron chi connectivity index (χ4n) is 4.64. The molecule has 0 aliphatic carbocycles. The molecule has 1 fully saturated rings. The minimum Gasteiger partial charge on any atom is -0.497 e. The van der Waals surface area contributed by atoms with Crippen LogP contribution in [0.15, 0.2) is 54.7 Å². The molecule has 0 bridgehead atoms. The Bertz CT molecular complexity index is 1150. The number of ether oxygens (including phenoxy) is 1. The molecule has 1 aromatic heterocycles. The lowest BCUT2D eigenvalue weighted by Gasteiger charge is -2.46. The number of methoxy groups -OCH3 is 1. The fourth-order valence-corrected chi connectivity index (χ4v) is 4.93. The van der Waals surface area contributed by atoms with Crippen molar-refractivity contribution in [2.75, 3.05) is 30.8 Å². The predicted molar refractivity (Wildman–Crippen MR) is 124 cm³/mol. The minimum absolute atomic E-state index is 0.117. The van der Waals surface area contributed by atoms with Crippen molar-refractivity contribution in [2.45, 2.75) is 25.3 Å². The summed E-state index contributed by atoms with van der Waals surface area (Å²) in [5.41, 5.74) is 4.87. The molecule has 160 valence electrons. The Morgan fingerprint density at radius 3 is 2.71 bits per heavy atom. The van der Waals surface area contributed by atoms with Crippen LogP contribution in [0.2, 0.25) is 5.02 Å². The van der Waals surface area contributed by atoms with Gasteiger partial charge in [0, 0.05) is 31.0 Å². The van der Waals surface area contributed by atoms with Gasteiger partial charge in [-0.2, -0.15) is 0 Å². The summed E-state index contributed by atoms with van der Waals surface area (Å²) in [5, 5.41) is 7.28. The van der Waals surface area contributed by atoms with Crippen LogP contribution in [0, 0.1) is 6.92 Å². The lowest BCUT2D eigenvalue weighted by atomic mass is 9.82. The Hall–Kier alpha value is -3.12. The summed E-state index contributed by atoms with van der Waals surface area (Å²) in [6, 6.07) is 15.9. The highest BCUT2D eigenvalue weighted by Gasteiger charge is 2.42. The molecule has 0 radical (unpaired) electrons. The van der Waals surface area contributed by atoms with E-state index in [2.05, 4.69) is 39.6 Å². The molecule has 2 aliphatic rings. The number of hydrogen-bond donors (Lipinski definition) is 2. The Labute approximate surface area is 186 Å². The second kappa shape index (κ2) is 7.54. The van der Waals surface area contributed by atoms with Gasteiger partial charge in [0.05, 0.1) is 34.7 Å². The molecule has 3 aromatic rings. The number of anilines is 2. The van der Waals surface area contributed by atoms with Gasteiger partial charge in [0.25, 0.3) is 0 Å². The number of likely N-dealkylation sites (tertiary alicyclic amines) is 1. The molecule has 2 amide bonds. The first-order valence-electron chi connectivity index (χ1n) is 10.5. The van der Waals surface area contributed by atoms with Crippen LogP contribution in [0.1, 0.15) is 24.1 Å². The third kappa shape index (κ3) is 3.41. The quantitative estimate of drug-likeness (QED) is 0.565. The molecule has 1 spiro atoms. The summed E-state index contributed by atoms with van der Waals surface area (Å²) < 4.78 is 7.67. The highest BCUT2D eigenvalue weighted by atomic mass is 35.5. The highest BCUT2D eigenvalue weighted by molar-refractivity contribution is 6.33. The number of amides is 2. The third-order valence-corrected chi connectivity index (χ3v) is 6.66. The van der Waals surface area contributed by atoms with Gasteiger partial charge in [-0.1, -0.05) is 17.7 Å². The topological polar surface area (TPSA) is 58.5 Å². The van der Waals surface area contributed by atoms with Gasteiger partial charge in [-0.3, -0.25) is 0 Å². The summed E-state index contributed by atoms with van der Waals surface area (Å²) in [7, 11) is 1.68. The molecule has 0 atom stereocenters. The monoisotopic (exact) mass is 436 g/mol. The van der Waals surface area contributed by atoms with Crippen LogP contribution in [-0.2, 0) is 5.54 Å². The summed E-state index contributed by atoms with van der Waals surface area (Å²) in [6.07, 6.45) is 3.72. The Kier molecular flexibility index (Phi) is 4.82. The molecule has 7 heteroatoms. The zero-order valence-electron chi connectivity index (χ0n) is 17.6. The zero-order chi connectivity index (χ0) is 21.6.